The topological polar surface area (TPSA) is 54.5 Å². The van der Waals surface area contributed by atoms with Crippen LogP contribution >= 0.6 is 11.8 Å². The molecule has 0 radical (unpaired) electrons. The molecule has 0 N–H and O–H groups in total. The van der Waals surface area contributed by atoms with E-state index in [4.69, 9.17) is 0 Å². The number of carbonyl (C=O) groups excluding carboxylic acids is 1. The van der Waals surface area contributed by atoms with E-state index in [1.165, 1.54) is 22.9 Å². The second kappa shape index (κ2) is 8.39. The molecule has 1 atom stereocenters. The Bertz CT molecular complexity index is 686. The van der Waals surface area contributed by atoms with Crippen LogP contribution in [-0.4, -0.2) is 49.1 Å². The third-order valence-corrected chi connectivity index (χ3v) is 7.29. The van der Waals surface area contributed by atoms with Crippen molar-refractivity contribution < 1.29 is 13.2 Å². The molecule has 0 bridgehead atoms. The molecule has 0 spiro atoms. The number of aryl methyl sites for hydroxylation is 2. The van der Waals surface area contributed by atoms with Gasteiger partial charge in [-0.3, -0.25) is 4.79 Å². The summed E-state index contributed by atoms with van der Waals surface area (Å²) >= 11 is 1.53. The first kappa shape index (κ1) is 19.3. The van der Waals surface area contributed by atoms with Crippen molar-refractivity contribution in [3.8, 4) is 0 Å². The van der Waals surface area contributed by atoms with Gasteiger partial charge >= 0.3 is 0 Å². The van der Waals surface area contributed by atoms with E-state index in [9.17, 15) is 13.2 Å². The quantitative estimate of drug-likeness (QED) is 0.693. The Balaban J connectivity index is 2.00. The van der Waals surface area contributed by atoms with Gasteiger partial charge in [-0.1, -0.05) is 19.4 Å². The number of benzene rings is 1. The molecule has 0 aromatic heterocycles. The van der Waals surface area contributed by atoms with Crippen LogP contribution < -0.4 is 0 Å². The van der Waals surface area contributed by atoms with Crippen molar-refractivity contribution in [1.29, 1.82) is 0 Å². The van der Waals surface area contributed by atoms with E-state index < -0.39 is 9.84 Å². The van der Waals surface area contributed by atoms with Crippen LogP contribution in [0.2, 0.25) is 0 Å². The Morgan fingerprint density at radius 3 is 2.62 bits per heavy atom. The number of amides is 1. The van der Waals surface area contributed by atoms with Gasteiger partial charge in [-0.05, 0) is 49.9 Å². The zero-order valence-electron chi connectivity index (χ0n) is 14.7. The summed E-state index contributed by atoms with van der Waals surface area (Å²) in [5.41, 5.74) is 2.46. The highest BCUT2D eigenvalue weighted by Gasteiger charge is 2.34. The van der Waals surface area contributed by atoms with E-state index in [1.54, 1.807) is 0 Å². The molecule has 2 rings (SSSR count). The molecule has 134 valence electrons. The van der Waals surface area contributed by atoms with Gasteiger partial charge in [-0.25, -0.2) is 8.42 Å². The average molecular weight is 370 g/mol. The highest BCUT2D eigenvalue weighted by molar-refractivity contribution is 8.00. The fourth-order valence-electron chi connectivity index (χ4n) is 2.89. The fraction of sp³-hybridized carbons (Fsp3) is 0.611. The zero-order chi connectivity index (χ0) is 17.7. The number of sulfone groups is 1. The third kappa shape index (κ3) is 5.24. The maximum atomic E-state index is 12.7. The van der Waals surface area contributed by atoms with Gasteiger partial charge in [0, 0.05) is 17.5 Å². The van der Waals surface area contributed by atoms with Crippen molar-refractivity contribution in [1.82, 2.24) is 4.90 Å². The van der Waals surface area contributed by atoms with Crippen LogP contribution in [0.4, 0.5) is 0 Å². The van der Waals surface area contributed by atoms with Crippen molar-refractivity contribution in [3.05, 3.63) is 29.3 Å². The zero-order valence-corrected chi connectivity index (χ0v) is 16.4. The maximum absolute atomic E-state index is 12.7. The lowest BCUT2D eigenvalue weighted by molar-refractivity contribution is -0.130. The van der Waals surface area contributed by atoms with Crippen LogP contribution in [0.3, 0.4) is 0 Å². The number of rotatable bonds is 7. The highest BCUT2D eigenvalue weighted by Crippen LogP contribution is 2.24. The molecule has 1 aliphatic rings. The minimum absolute atomic E-state index is 0.0498. The van der Waals surface area contributed by atoms with E-state index in [2.05, 4.69) is 32.9 Å². The van der Waals surface area contributed by atoms with E-state index in [0.29, 0.717) is 18.7 Å². The van der Waals surface area contributed by atoms with Gasteiger partial charge in [-0.2, -0.15) is 0 Å². The minimum atomic E-state index is -2.98. The summed E-state index contributed by atoms with van der Waals surface area (Å²) in [4.78, 5) is 15.6. The maximum Gasteiger partial charge on any atom is 0.233 e. The second-order valence-electron chi connectivity index (χ2n) is 6.53. The van der Waals surface area contributed by atoms with Crippen molar-refractivity contribution in [2.45, 2.75) is 51.0 Å². The molecule has 1 fully saturated rings. The molecule has 1 aliphatic heterocycles. The third-order valence-electron chi connectivity index (χ3n) is 4.56. The van der Waals surface area contributed by atoms with Crippen molar-refractivity contribution in [3.63, 3.8) is 0 Å². The molecule has 1 aromatic carbocycles. The van der Waals surface area contributed by atoms with Crippen molar-refractivity contribution in [2.75, 3.05) is 23.8 Å². The second-order valence-corrected chi connectivity index (χ2v) is 9.81. The summed E-state index contributed by atoms with van der Waals surface area (Å²) < 4.78 is 23.5. The number of thioether (sulfide) groups is 1. The van der Waals surface area contributed by atoms with Gasteiger partial charge in [0.2, 0.25) is 5.91 Å². The van der Waals surface area contributed by atoms with Crippen LogP contribution in [0.1, 0.15) is 37.3 Å². The number of hydrogen-bond donors (Lipinski definition) is 0. The van der Waals surface area contributed by atoms with E-state index in [1.807, 2.05) is 11.0 Å². The first-order chi connectivity index (χ1) is 11.3. The van der Waals surface area contributed by atoms with Crippen LogP contribution in [0.15, 0.2) is 23.1 Å². The predicted molar refractivity (Wildman–Crippen MR) is 100 cm³/mol. The Morgan fingerprint density at radius 1 is 1.29 bits per heavy atom. The van der Waals surface area contributed by atoms with E-state index in [0.717, 1.165) is 17.7 Å². The molecule has 1 unspecified atom stereocenters. The van der Waals surface area contributed by atoms with Gasteiger partial charge in [-0.15, -0.1) is 11.8 Å². The summed E-state index contributed by atoms with van der Waals surface area (Å²) in [6.07, 6.45) is 2.48. The normalized spacial score (nSPS) is 19.4. The van der Waals surface area contributed by atoms with Gasteiger partial charge in [0.25, 0.3) is 0 Å². The van der Waals surface area contributed by atoms with E-state index in [-0.39, 0.29) is 23.5 Å². The first-order valence-corrected chi connectivity index (χ1v) is 11.3. The molecular formula is C18H27NO3S2. The summed E-state index contributed by atoms with van der Waals surface area (Å²) in [6, 6.07) is 6.07. The summed E-state index contributed by atoms with van der Waals surface area (Å²) in [7, 11) is -2.98. The van der Waals surface area contributed by atoms with E-state index >= 15 is 0 Å². The molecule has 6 heteroatoms. The van der Waals surface area contributed by atoms with Crippen LogP contribution in [0.25, 0.3) is 0 Å². The SMILES string of the molecule is CCCCN(C(=O)CSc1ccc(C)c(C)c1)C1CCS(=O)(=O)C1. The standard InChI is InChI=1S/C18H27NO3S2/c1-4-5-9-19(16-8-10-24(21,22)13-16)18(20)12-23-17-7-6-14(2)15(3)11-17/h6-7,11,16H,4-5,8-10,12-13H2,1-3H3. The lowest BCUT2D eigenvalue weighted by atomic mass is 10.1. The molecule has 4 nitrogen and oxygen atoms in total. The van der Waals surface area contributed by atoms with Crippen molar-refractivity contribution >= 4 is 27.5 Å². The monoisotopic (exact) mass is 369 g/mol. The van der Waals surface area contributed by atoms with Crippen LogP contribution in [0.5, 0.6) is 0 Å². The lowest BCUT2D eigenvalue weighted by Crippen LogP contribution is -2.42. The number of hydrogen-bond acceptors (Lipinski definition) is 4. The lowest BCUT2D eigenvalue weighted by Gasteiger charge is -2.28. The van der Waals surface area contributed by atoms with Gasteiger partial charge in [0.1, 0.15) is 0 Å². The highest BCUT2D eigenvalue weighted by atomic mass is 32.2. The average Bonchev–Trinajstić information content (AvgIpc) is 2.88. The van der Waals surface area contributed by atoms with Crippen LogP contribution in [0, 0.1) is 13.8 Å². The Morgan fingerprint density at radius 2 is 2.04 bits per heavy atom. The summed E-state index contributed by atoms with van der Waals surface area (Å²) in [5, 5.41) is 0. The summed E-state index contributed by atoms with van der Waals surface area (Å²) in [6.45, 7) is 6.88. The molecule has 24 heavy (non-hydrogen) atoms. The number of nitrogens with zero attached hydrogens (tertiary/aromatic N) is 1. The molecule has 1 aromatic rings. The van der Waals surface area contributed by atoms with Gasteiger partial charge in [0.05, 0.1) is 17.3 Å². The van der Waals surface area contributed by atoms with Crippen LogP contribution in [-0.2, 0) is 14.6 Å². The Kier molecular flexibility index (Phi) is 6.75. The first-order valence-electron chi connectivity index (χ1n) is 8.52. The molecule has 1 amide bonds. The Hall–Kier alpha value is -1.01. The predicted octanol–water partition coefficient (Wildman–Crippen LogP) is 3.21. The molecule has 1 saturated heterocycles. The Labute approximate surface area is 149 Å². The smallest absolute Gasteiger partial charge is 0.233 e. The van der Waals surface area contributed by atoms with Gasteiger partial charge in [0.15, 0.2) is 9.84 Å². The number of carbonyl (C=O) groups is 1. The molecule has 0 aliphatic carbocycles. The molecular weight excluding hydrogens is 342 g/mol. The fourth-order valence-corrected chi connectivity index (χ4v) is 5.50. The summed E-state index contributed by atoms with van der Waals surface area (Å²) in [5.74, 6) is 0.742. The van der Waals surface area contributed by atoms with Gasteiger partial charge < -0.3 is 4.90 Å². The van der Waals surface area contributed by atoms with Crippen molar-refractivity contribution in [2.24, 2.45) is 0 Å². The largest absolute Gasteiger partial charge is 0.338 e. The minimum Gasteiger partial charge on any atom is -0.338 e. The molecule has 1 heterocycles. The molecule has 0 saturated carbocycles. The number of unbranched alkanes of at least 4 members (excludes halogenated alkanes) is 1.